The summed E-state index contributed by atoms with van der Waals surface area (Å²) in [4.78, 5) is 31.3. The topological polar surface area (TPSA) is 98.9 Å². The molecule has 0 aliphatic heterocycles. The Morgan fingerprint density at radius 1 is 1.15 bits per heavy atom. The number of nitrogens with one attached hydrogen (secondary N) is 4. The highest BCUT2D eigenvalue weighted by molar-refractivity contribution is 5.93. The largest absolute Gasteiger partial charge is 0.357 e. The maximum absolute atomic E-state index is 12.2. The van der Waals surface area contributed by atoms with Gasteiger partial charge >= 0.3 is 0 Å². The number of carbonyl (C=O) groups excluding carboxylic acids is 2. The minimum atomic E-state index is -0.174. The number of pyridine rings is 1. The van der Waals surface area contributed by atoms with Gasteiger partial charge in [-0.2, -0.15) is 0 Å². The SMILES string of the molecule is CCCNNC(=O)c1ccc(CNC(=O)Cc2cc3ccncc3[nH]2)cc1. The third-order valence-corrected chi connectivity index (χ3v) is 4.11. The van der Waals surface area contributed by atoms with E-state index in [2.05, 4.69) is 26.1 Å². The molecule has 0 aliphatic rings. The van der Waals surface area contributed by atoms with E-state index in [1.54, 1.807) is 24.5 Å². The third kappa shape index (κ3) is 5.15. The molecule has 2 amide bonds. The molecule has 2 heterocycles. The molecule has 0 radical (unpaired) electrons. The van der Waals surface area contributed by atoms with E-state index in [4.69, 9.17) is 0 Å². The summed E-state index contributed by atoms with van der Waals surface area (Å²) in [7, 11) is 0. The summed E-state index contributed by atoms with van der Waals surface area (Å²) in [5, 5.41) is 3.93. The molecule has 0 atom stereocenters. The van der Waals surface area contributed by atoms with Gasteiger partial charge in [0.1, 0.15) is 0 Å². The predicted molar refractivity (Wildman–Crippen MR) is 104 cm³/mol. The number of benzene rings is 1. The van der Waals surface area contributed by atoms with Crippen LogP contribution in [-0.2, 0) is 17.8 Å². The maximum Gasteiger partial charge on any atom is 0.265 e. The molecular weight excluding hydrogens is 342 g/mol. The summed E-state index contributed by atoms with van der Waals surface area (Å²) < 4.78 is 0. The number of hydrogen-bond donors (Lipinski definition) is 4. The molecule has 140 valence electrons. The predicted octanol–water partition coefficient (Wildman–Crippen LogP) is 2.07. The molecule has 2 aromatic heterocycles. The fraction of sp³-hybridized carbons (Fsp3) is 0.250. The molecule has 0 unspecified atom stereocenters. The minimum Gasteiger partial charge on any atom is -0.357 e. The zero-order chi connectivity index (χ0) is 19.1. The number of rotatable bonds is 8. The third-order valence-electron chi connectivity index (χ3n) is 4.11. The average Bonchev–Trinajstić information content (AvgIpc) is 3.09. The van der Waals surface area contributed by atoms with Crippen molar-refractivity contribution in [3.63, 3.8) is 0 Å². The first-order valence-electron chi connectivity index (χ1n) is 8.96. The van der Waals surface area contributed by atoms with Gasteiger partial charge in [0, 0.05) is 35.9 Å². The van der Waals surface area contributed by atoms with Crippen molar-refractivity contribution >= 4 is 22.7 Å². The number of carbonyl (C=O) groups is 2. The van der Waals surface area contributed by atoms with E-state index < -0.39 is 0 Å². The zero-order valence-corrected chi connectivity index (χ0v) is 15.2. The lowest BCUT2D eigenvalue weighted by Gasteiger charge is -2.08. The lowest BCUT2D eigenvalue weighted by molar-refractivity contribution is -0.120. The van der Waals surface area contributed by atoms with Crippen LogP contribution in [0.25, 0.3) is 10.9 Å². The average molecular weight is 365 g/mol. The van der Waals surface area contributed by atoms with Gasteiger partial charge in [-0.25, -0.2) is 5.43 Å². The van der Waals surface area contributed by atoms with Crippen molar-refractivity contribution in [1.82, 2.24) is 26.1 Å². The second-order valence-corrected chi connectivity index (χ2v) is 6.29. The van der Waals surface area contributed by atoms with E-state index >= 15 is 0 Å². The summed E-state index contributed by atoms with van der Waals surface area (Å²) in [6.07, 6.45) is 4.68. The van der Waals surface area contributed by atoms with Gasteiger partial charge in [-0.1, -0.05) is 19.1 Å². The van der Waals surface area contributed by atoms with Crippen molar-refractivity contribution in [1.29, 1.82) is 0 Å². The van der Waals surface area contributed by atoms with E-state index in [1.807, 2.05) is 31.2 Å². The Morgan fingerprint density at radius 3 is 2.70 bits per heavy atom. The summed E-state index contributed by atoms with van der Waals surface area (Å²) in [5.41, 5.74) is 8.77. The van der Waals surface area contributed by atoms with Crippen LogP contribution in [0.1, 0.15) is 35.0 Å². The lowest BCUT2D eigenvalue weighted by atomic mass is 10.1. The van der Waals surface area contributed by atoms with Crippen LogP contribution in [0.4, 0.5) is 0 Å². The Hall–Kier alpha value is -3.19. The number of fused-ring (bicyclic) bond motifs is 1. The van der Waals surface area contributed by atoms with E-state index in [0.717, 1.165) is 35.1 Å². The van der Waals surface area contributed by atoms with E-state index in [1.165, 1.54) is 0 Å². The molecule has 0 aliphatic carbocycles. The van der Waals surface area contributed by atoms with Crippen LogP contribution in [0, 0.1) is 0 Å². The van der Waals surface area contributed by atoms with Crippen molar-refractivity contribution in [3.05, 3.63) is 65.6 Å². The molecule has 0 spiro atoms. The number of H-pyrrole nitrogens is 1. The smallest absolute Gasteiger partial charge is 0.265 e. The molecule has 3 rings (SSSR count). The number of aromatic amines is 1. The maximum atomic E-state index is 12.2. The Bertz CT molecular complexity index is 885. The number of amides is 2. The van der Waals surface area contributed by atoms with Crippen molar-refractivity contribution in [3.8, 4) is 0 Å². The molecule has 4 N–H and O–H groups in total. The molecule has 7 heteroatoms. The van der Waals surface area contributed by atoms with E-state index in [9.17, 15) is 9.59 Å². The molecule has 3 aromatic rings. The molecule has 0 bridgehead atoms. The van der Waals surface area contributed by atoms with Crippen LogP contribution in [0.3, 0.4) is 0 Å². The highest BCUT2D eigenvalue weighted by Crippen LogP contribution is 2.13. The van der Waals surface area contributed by atoms with Crippen LogP contribution >= 0.6 is 0 Å². The first-order valence-corrected chi connectivity index (χ1v) is 8.96. The summed E-state index contributed by atoms with van der Waals surface area (Å²) in [5.74, 6) is -0.243. The zero-order valence-electron chi connectivity index (χ0n) is 15.2. The molecule has 0 fully saturated rings. The molecule has 1 aromatic carbocycles. The van der Waals surface area contributed by atoms with Crippen LogP contribution in [-0.4, -0.2) is 28.3 Å². The standard InChI is InChI=1S/C20H23N5O2/c1-2-8-23-25-20(27)15-5-3-14(4-6-15)12-22-19(26)11-17-10-16-7-9-21-13-18(16)24-17/h3-7,9-10,13,23-24H,2,8,11-12H2,1H3,(H,22,26)(H,25,27). The van der Waals surface area contributed by atoms with Crippen molar-refractivity contribution in [2.75, 3.05) is 6.54 Å². The molecule has 27 heavy (non-hydrogen) atoms. The summed E-state index contributed by atoms with van der Waals surface area (Å²) in [6, 6.07) is 11.0. The number of nitrogens with zero attached hydrogens (tertiary/aromatic N) is 1. The van der Waals surface area contributed by atoms with Crippen LogP contribution in [0.2, 0.25) is 0 Å². The molecule has 0 saturated carbocycles. The summed E-state index contributed by atoms with van der Waals surface area (Å²) in [6.45, 7) is 3.16. The number of hydrazine groups is 1. The Labute approximate surface area is 157 Å². The Balaban J connectivity index is 1.49. The van der Waals surface area contributed by atoms with Gasteiger partial charge in [0.15, 0.2) is 0 Å². The lowest BCUT2D eigenvalue weighted by Crippen LogP contribution is -2.37. The monoisotopic (exact) mass is 365 g/mol. The van der Waals surface area contributed by atoms with Gasteiger partial charge in [-0.05, 0) is 36.2 Å². The second kappa shape index (κ2) is 8.95. The Morgan fingerprint density at radius 2 is 1.96 bits per heavy atom. The van der Waals surface area contributed by atoms with Crippen molar-refractivity contribution in [2.24, 2.45) is 0 Å². The fourth-order valence-corrected chi connectivity index (χ4v) is 2.68. The van der Waals surface area contributed by atoms with E-state index in [-0.39, 0.29) is 18.2 Å². The first-order chi connectivity index (χ1) is 13.2. The normalized spacial score (nSPS) is 10.7. The van der Waals surface area contributed by atoms with Gasteiger partial charge in [-0.3, -0.25) is 20.0 Å². The first kappa shape index (κ1) is 18.6. The number of hydrogen-bond acceptors (Lipinski definition) is 4. The summed E-state index contributed by atoms with van der Waals surface area (Å²) >= 11 is 0. The molecule has 7 nitrogen and oxygen atoms in total. The molecular formula is C20H23N5O2. The van der Waals surface area contributed by atoms with Crippen molar-refractivity contribution in [2.45, 2.75) is 26.3 Å². The van der Waals surface area contributed by atoms with E-state index in [0.29, 0.717) is 12.1 Å². The second-order valence-electron chi connectivity index (χ2n) is 6.29. The van der Waals surface area contributed by atoms with Gasteiger partial charge in [0.25, 0.3) is 5.91 Å². The quantitative estimate of drug-likeness (QED) is 0.363. The Kier molecular flexibility index (Phi) is 6.17. The minimum absolute atomic E-state index is 0.0694. The van der Waals surface area contributed by atoms with Crippen molar-refractivity contribution < 1.29 is 9.59 Å². The highest BCUT2D eigenvalue weighted by atomic mass is 16.2. The van der Waals surface area contributed by atoms with Gasteiger partial charge in [-0.15, -0.1) is 0 Å². The molecule has 0 saturated heterocycles. The van der Waals surface area contributed by atoms with Gasteiger partial charge in [0.2, 0.25) is 5.91 Å². The van der Waals surface area contributed by atoms with Gasteiger partial charge < -0.3 is 10.3 Å². The van der Waals surface area contributed by atoms with Gasteiger partial charge in [0.05, 0.1) is 18.1 Å². The highest BCUT2D eigenvalue weighted by Gasteiger charge is 2.08. The fourth-order valence-electron chi connectivity index (χ4n) is 2.68. The number of aromatic nitrogens is 2. The van der Waals surface area contributed by atoms with Crippen LogP contribution in [0.5, 0.6) is 0 Å². The van der Waals surface area contributed by atoms with Crippen LogP contribution < -0.4 is 16.2 Å². The van der Waals surface area contributed by atoms with Crippen LogP contribution in [0.15, 0.2) is 48.8 Å².